The van der Waals surface area contributed by atoms with E-state index in [1.165, 1.54) is 19.3 Å². The van der Waals surface area contributed by atoms with Crippen molar-refractivity contribution in [2.75, 3.05) is 19.6 Å². The number of rotatable bonds is 4. The molecule has 0 amide bonds. The molecule has 2 N–H and O–H groups in total. The Bertz CT molecular complexity index is 289. The summed E-state index contributed by atoms with van der Waals surface area (Å²) in [6.07, 6.45) is 10.2. The summed E-state index contributed by atoms with van der Waals surface area (Å²) >= 11 is 0. The average molecular weight is 204 g/mol. The molecule has 2 heteroatoms. The lowest BCUT2D eigenvalue weighted by molar-refractivity contribution is 0.471. The van der Waals surface area contributed by atoms with Crippen molar-refractivity contribution in [1.29, 1.82) is 0 Å². The topological polar surface area (TPSA) is 24.1 Å². The zero-order valence-electron chi connectivity index (χ0n) is 9.26. The molecule has 0 spiro atoms. The van der Waals surface area contributed by atoms with E-state index in [1.807, 2.05) is 6.08 Å². The lowest BCUT2D eigenvalue weighted by Gasteiger charge is -2.29. The Balaban J connectivity index is 1.85. The normalized spacial score (nSPS) is 25.2. The maximum Gasteiger partial charge on any atom is 0.0236 e. The van der Waals surface area contributed by atoms with Gasteiger partial charge in [0.2, 0.25) is 0 Å². The second kappa shape index (κ2) is 5.29. The minimum atomic E-state index is 0.589. The Labute approximate surface area is 92.1 Å². The number of allylic oxidation sites excluding steroid dienone is 2. The molecule has 0 saturated heterocycles. The van der Waals surface area contributed by atoms with Crippen molar-refractivity contribution in [2.45, 2.75) is 25.3 Å². The number of hydrogen-bond donors (Lipinski definition) is 2. The van der Waals surface area contributed by atoms with Crippen LogP contribution in [0.3, 0.4) is 0 Å². The Morgan fingerprint density at radius 2 is 2.53 bits per heavy atom. The molecule has 1 unspecified atom stereocenters. The van der Waals surface area contributed by atoms with Gasteiger partial charge in [0.25, 0.3) is 0 Å². The smallest absolute Gasteiger partial charge is 0.0236 e. The second-order valence-corrected chi connectivity index (χ2v) is 4.30. The van der Waals surface area contributed by atoms with Crippen molar-refractivity contribution in [1.82, 2.24) is 10.6 Å². The highest BCUT2D eigenvalue weighted by molar-refractivity contribution is 5.33. The molecule has 0 radical (unpaired) electrons. The van der Waals surface area contributed by atoms with Crippen molar-refractivity contribution < 1.29 is 0 Å². The van der Waals surface area contributed by atoms with Gasteiger partial charge in [-0.25, -0.2) is 0 Å². The van der Waals surface area contributed by atoms with E-state index in [0.717, 1.165) is 19.6 Å². The SMILES string of the molecule is C=CCNCC1CC2=C(CCC=C2)CN1. The third-order valence-electron chi connectivity index (χ3n) is 3.14. The van der Waals surface area contributed by atoms with Crippen LogP contribution in [0.15, 0.2) is 36.0 Å². The van der Waals surface area contributed by atoms with Crippen LogP contribution in [0.1, 0.15) is 19.3 Å². The van der Waals surface area contributed by atoms with Crippen LogP contribution in [0.4, 0.5) is 0 Å². The van der Waals surface area contributed by atoms with E-state index < -0.39 is 0 Å². The average Bonchev–Trinajstić information content (AvgIpc) is 2.29. The van der Waals surface area contributed by atoms with Crippen LogP contribution in [-0.2, 0) is 0 Å². The third kappa shape index (κ3) is 2.80. The first-order valence-corrected chi connectivity index (χ1v) is 5.82. The van der Waals surface area contributed by atoms with E-state index in [1.54, 1.807) is 11.1 Å². The van der Waals surface area contributed by atoms with Crippen LogP contribution < -0.4 is 10.6 Å². The van der Waals surface area contributed by atoms with E-state index in [0.29, 0.717) is 6.04 Å². The van der Waals surface area contributed by atoms with Gasteiger partial charge in [-0.3, -0.25) is 0 Å². The highest BCUT2D eigenvalue weighted by atomic mass is 15.0. The molecule has 1 heterocycles. The predicted octanol–water partition coefficient (Wildman–Crippen LogP) is 1.77. The Hall–Kier alpha value is -0.860. The second-order valence-electron chi connectivity index (χ2n) is 4.30. The first kappa shape index (κ1) is 10.7. The van der Waals surface area contributed by atoms with Gasteiger partial charge in [0.1, 0.15) is 0 Å². The fourth-order valence-corrected chi connectivity index (χ4v) is 2.28. The Kier molecular flexibility index (Phi) is 3.75. The zero-order chi connectivity index (χ0) is 10.5. The van der Waals surface area contributed by atoms with Crippen molar-refractivity contribution >= 4 is 0 Å². The third-order valence-corrected chi connectivity index (χ3v) is 3.14. The van der Waals surface area contributed by atoms with Crippen molar-refractivity contribution in [3.05, 3.63) is 36.0 Å². The lowest BCUT2D eigenvalue weighted by atomic mass is 9.89. The highest BCUT2D eigenvalue weighted by Crippen LogP contribution is 2.25. The molecular weight excluding hydrogens is 184 g/mol. The molecule has 1 atom stereocenters. The van der Waals surface area contributed by atoms with Gasteiger partial charge in [-0.15, -0.1) is 6.58 Å². The van der Waals surface area contributed by atoms with Gasteiger partial charge in [0.05, 0.1) is 0 Å². The summed E-state index contributed by atoms with van der Waals surface area (Å²) in [5.74, 6) is 0. The standard InChI is InChI=1S/C13H20N2/c1-2-7-14-10-13-8-11-5-3-4-6-12(11)9-15-13/h2-3,5,13-15H,1,4,6-10H2. The fraction of sp³-hybridized carbons (Fsp3) is 0.538. The van der Waals surface area contributed by atoms with E-state index in [-0.39, 0.29) is 0 Å². The van der Waals surface area contributed by atoms with Crippen molar-refractivity contribution in [2.24, 2.45) is 0 Å². The number of nitrogens with one attached hydrogen (secondary N) is 2. The highest BCUT2D eigenvalue weighted by Gasteiger charge is 2.19. The summed E-state index contributed by atoms with van der Waals surface area (Å²) in [5.41, 5.74) is 3.20. The van der Waals surface area contributed by atoms with Gasteiger partial charge in [-0.05, 0) is 24.8 Å². The molecule has 82 valence electrons. The summed E-state index contributed by atoms with van der Waals surface area (Å²) < 4.78 is 0. The molecule has 0 saturated carbocycles. The minimum absolute atomic E-state index is 0.589. The van der Waals surface area contributed by atoms with E-state index in [4.69, 9.17) is 0 Å². The Morgan fingerprint density at radius 1 is 1.60 bits per heavy atom. The molecule has 15 heavy (non-hydrogen) atoms. The predicted molar refractivity (Wildman–Crippen MR) is 64.9 cm³/mol. The maximum atomic E-state index is 3.71. The van der Waals surface area contributed by atoms with Gasteiger partial charge >= 0.3 is 0 Å². The summed E-state index contributed by atoms with van der Waals surface area (Å²) in [6.45, 7) is 6.73. The molecule has 0 aromatic carbocycles. The zero-order valence-corrected chi connectivity index (χ0v) is 9.26. The first-order chi connectivity index (χ1) is 7.40. The van der Waals surface area contributed by atoms with E-state index in [9.17, 15) is 0 Å². The molecule has 0 fully saturated rings. The van der Waals surface area contributed by atoms with Crippen LogP contribution >= 0.6 is 0 Å². The monoisotopic (exact) mass is 204 g/mol. The van der Waals surface area contributed by atoms with Crippen LogP contribution in [-0.4, -0.2) is 25.7 Å². The molecule has 2 aliphatic rings. The maximum absolute atomic E-state index is 3.71. The van der Waals surface area contributed by atoms with Crippen LogP contribution in [0.5, 0.6) is 0 Å². The Morgan fingerprint density at radius 3 is 3.40 bits per heavy atom. The van der Waals surface area contributed by atoms with Gasteiger partial charge in [0.15, 0.2) is 0 Å². The molecule has 0 aromatic rings. The largest absolute Gasteiger partial charge is 0.312 e. The van der Waals surface area contributed by atoms with Crippen LogP contribution in [0, 0.1) is 0 Å². The van der Waals surface area contributed by atoms with Gasteiger partial charge in [-0.1, -0.05) is 23.8 Å². The molecule has 2 nitrogen and oxygen atoms in total. The quantitative estimate of drug-likeness (QED) is 0.539. The summed E-state index contributed by atoms with van der Waals surface area (Å²) in [6, 6.07) is 0.589. The number of hydrogen-bond acceptors (Lipinski definition) is 2. The van der Waals surface area contributed by atoms with E-state index >= 15 is 0 Å². The minimum Gasteiger partial charge on any atom is -0.312 e. The molecule has 1 aliphatic heterocycles. The summed E-state index contributed by atoms with van der Waals surface area (Å²) in [5, 5.41) is 6.96. The lowest BCUT2D eigenvalue weighted by Crippen LogP contribution is -2.43. The molecule has 0 aromatic heterocycles. The van der Waals surface area contributed by atoms with Crippen molar-refractivity contribution in [3.8, 4) is 0 Å². The van der Waals surface area contributed by atoms with Crippen molar-refractivity contribution in [3.63, 3.8) is 0 Å². The van der Waals surface area contributed by atoms with Crippen LogP contribution in [0.25, 0.3) is 0 Å². The first-order valence-electron chi connectivity index (χ1n) is 5.82. The summed E-state index contributed by atoms with van der Waals surface area (Å²) in [4.78, 5) is 0. The molecule has 1 aliphatic carbocycles. The molecular formula is C13H20N2. The van der Waals surface area contributed by atoms with E-state index in [2.05, 4.69) is 29.4 Å². The van der Waals surface area contributed by atoms with Crippen LogP contribution in [0.2, 0.25) is 0 Å². The van der Waals surface area contributed by atoms with Gasteiger partial charge < -0.3 is 10.6 Å². The fourth-order valence-electron chi connectivity index (χ4n) is 2.28. The van der Waals surface area contributed by atoms with Gasteiger partial charge in [0, 0.05) is 25.7 Å². The molecule has 0 bridgehead atoms. The molecule has 2 rings (SSSR count). The van der Waals surface area contributed by atoms with Gasteiger partial charge in [-0.2, -0.15) is 0 Å². The summed E-state index contributed by atoms with van der Waals surface area (Å²) in [7, 11) is 0.